The molecular weight excluding hydrogens is 295 g/mol. The molecule has 2 rings (SSSR count). The van der Waals surface area contributed by atoms with Gasteiger partial charge in [0, 0.05) is 20.2 Å². The van der Waals surface area contributed by atoms with Crippen molar-refractivity contribution < 1.29 is 17.9 Å². The maximum absolute atomic E-state index is 12.7. The molecule has 1 aromatic carbocycles. The van der Waals surface area contributed by atoms with Crippen LogP contribution in [0.25, 0.3) is 0 Å². The van der Waals surface area contributed by atoms with E-state index >= 15 is 0 Å². The summed E-state index contributed by atoms with van der Waals surface area (Å²) in [5.41, 5.74) is -0.771. The van der Waals surface area contributed by atoms with Gasteiger partial charge >= 0.3 is 6.18 Å². The van der Waals surface area contributed by atoms with Crippen LogP contribution in [0, 0.1) is 0 Å². The third-order valence-electron chi connectivity index (χ3n) is 2.51. The lowest BCUT2D eigenvalue weighted by molar-refractivity contribution is -0.137. The first-order valence-corrected chi connectivity index (χ1v) is 6.37. The van der Waals surface area contributed by atoms with Crippen LogP contribution >= 0.6 is 0 Å². The predicted molar refractivity (Wildman–Crippen MR) is 77.6 cm³/mol. The van der Waals surface area contributed by atoms with E-state index in [1.165, 1.54) is 12.1 Å². The van der Waals surface area contributed by atoms with Crippen LogP contribution in [0.15, 0.2) is 47.5 Å². The molecule has 0 saturated heterocycles. The number of rotatable bonds is 4. The van der Waals surface area contributed by atoms with Gasteiger partial charge in [-0.1, -0.05) is 12.1 Å². The number of alkyl halides is 3. The molecule has 4 nitrogen and oxygen atoms in total. The minimum atomic E-state index is -4.41. The van der Waals surface area contributed by atoms with E-state index in [0.717, 1.165) is 12.1 Å². The van der Waals surface area contributed by atoms with E-state index in [2.05, 4.69) is 9.98 Å². The molecule has 2 aromatic rings. The molecule has 0 atom stereocenters. The lowest BCUT2D eigenvalue weighted by Crippen LogP contribution is -2.07. The number of hydrogen-bond donors (Lipinski definition) is 0. The SMILES string of the molecule is CN(C)C=Nc1cccc(Oc2cccc(C(F)(F)F)c2)n1. The van der Waals surface area contributed by atoms with Gasteiger partial charge in [0.05, 0.1) is 11.9 Å². The predicted octanol–water partition coefficient (Wildman–Crippen LogP) is 4.11. The summed E-state index contributed by atoms with van der Waals surface area (Å²) in [5.74, 6) is 0.641. The van der Waals surface area contributed by atoms with Gasteiger partial charge in [0.15, 0.2) is 5.82 Å². The zero-order valence-corrected chi connectivity index (χ0v) is 12.0. The van der Waals surface area contributed by atoms with Gasteiger partial charge in [-0.2, -0.15) is 18.2 Å². The summed E-state index contributed by atoms with van der Waals surface area (Å²) in [7, 11) is 3.62. The number of halogens is 3. The molecule has 1 heterocycles. The van der Waals surface area contributed by atoms with Crippen LogP contribution in [-0.4, -0.2) is 30.3 Å². The third-order valence-corrected chi connectivity index (χ3v) is 2.51. The second-order valence-corrected chi connectivity index (χ2v) is 4.67. The van der Waals surface area contributed by atoms with Crippen LogP contribution in [0.3, 0.4) is 0 Å². The summed E-state index contributed by atoms with van der Waals surface area (Å²) in [6, 6.07) is 9.51. The monoisotopic (exact) mass is 309 g/mol. The number of ether oxygens (including phenoxy) is 1. The van der Waals surface area contributed by atoms with E-state index < -0.39 is 11.7 Å². The van der Waals surface area contributed by atoms with Crippen LogP contribution in [-0.2, 0) is 6.18 Å². The van der Waals surface area contributed by atoms with Crippen molar-refractivity contribution >= 4 is 12.2 Å². The second-order valence-electron chi connectivity index (χ2n) is 4.67. The van der Waals surface area contributed by atoms with E-state index in [0.29, 0.717) is 5.82 Å². The van der Waals surface area contributed by atoms with Crippen LogP contribution in [0.2, 0.25) is 0 Å². The van der Waals surface area contributed by atoms with Gasteiger partial charge in [-0.3, -0.25) is 0 Å². The third kappa shape index (κ3) is 4.47. The molecule has 116 valence electrons. The molecule has 0 saturated carbocycles. The molecule has 0 unspecified atom stereocenters. The Morgan fingerprint density at radius 3 is 2.55 bits per heavy atom. The molecule has 0 aliphatic carbocycles. The average Bonchev–Trinajstić information content (AvgIpc) is 2.45. The number of pyridine rings is 1. The highest BCUT2D eigenvalue weighted by Crippen LogP contribution is 2.32. The van der Waals surface area contributed by atoms with Crippen molar-refractivity contribution in [3.8, 4) is 11.6 Å². The van der Waals surface area contributed by atoms with E-state index in [9.17, 15) is 13.2 Å². The highest BCUT2D eigenvalue weighted by Gasteiger charge is 2.30. The Balaban J connectivity index is 2.19. The molecule has 0 aliphatic rings. The van der Waals surface area contributed by atoms with Gasteiger partial charge in [0.2, 0.25) is 5.88 Å². The van der Waals surface area contributed by atoms with E-state index in [4.69, 9.17) is 4.74 Å². The highest BCUT2D eigenvalue weighted by atomic mass is 19.4. The number of benzene rings is 1. The Labute approximate surface area is 125 Å². The number of aromatic nitrogens is 1. The first-order valence-electron chi connectivity index (χ1n) is 6.37. The molecule has 0 fully saturated rings. The largest absolute Gasteiger partial charge is 0.439 e. The van der Waals surface area contributed by atoms with Gasteiger partial charge in [0.1, 0.15) is 5.75 Å². The van der Waals surface area contributed by atoms with Crippen molar-refractivity contribution in [3.05, 3.63) is 48.0 Å². The van der Waals surface area contributed by atoms with Crippen LogP contribution < -0.4 is 4.74 Å². The molecule has 0 bridgehead atoms. The van der Waals surface area contributed by atoms with Crippen molar-refractivity contribution in [2.75, 3.05) is 14.1 Å². The van der Waals surface area contributed by atoms with Crippen molar-refractivity contribution in [2.45, 2.75) is 6.18 Å². The molecule has 1 aromatic heterocycles. The summed E-state index contributed by atoms with van der Waals surface area (Å²) in [6.45, 7) is 0. The zero-order valence-electron chi connectivity index (χ0n) is 12.0. The average molecular weight is 309 g/mol. The topological polar surface area (TPSA) is 37.7 Å². The molecule has 0 N–H and O–H groups in total. The van der Waals surface area contributed by atoms with E-state index in [1.54, 1.807) is 29.4 Å². The fourth-order valence-corrected chi connectivity index (χ4v) is 1.56. The highest BCUT2D eigenvalue weighted by molar-refractivity contribution is 5.59. The first kappa shape index (κ1) is 15.8. The lowest BCUT2D eigenvalue weighted by atomic mass is 10.2. The van der Waals surface area contributed by atoms with Crippen LogP contribution in [0.1, 0.15) is 5.56 Å². The van der Waals surface area contributed by atoms with Crippen molar-refractivity contribution in [2.24, 2.45) is 4.99 Å². The Bertz CT molecular complexity index is 669. The molecule has 0 spiro atoms. The number of hydrogen-bond acceptors (Lipinski definition) is 3. The Kier molecular flexibility index (Phi) is 4.65. The smallest absolute Gasteiger partial charge is 0.416 e. The van der Waals surface area contributed by atoms with Gasteiger partial charge < -0.3 is 9.64 Å². The molecule has 22 heavy (non-hydrogen) atoms. The number of nitrogens with zero attached hydrogens (tertiary/aromatic N) is 3. The quantitative estimate of drug-likeness (QED) is 0.630. The van der Waals surface area contributed by atoms with Crippen molar-refractivity contribution in [1.82, 2.24) is 9.88 Å². The van der Waals surface area contributed by atoms with Gasteiger partial charge in [0.25, 0.3) is 0 Å². The molecule has 0 amide bonds. The molecule has 0 radical (unpaired) electrons. The summed E-state index contributed by atoms with van der Waals surface area (Å²) in [6.07, 6.45) is -2.85. The fourth-order valence-electron chi connectivity index (χ4n) is 1.56. The standard InChI is InChI=1S/C15H14F3N3O/c1-21(2)10-19-13-7-4-8-14(20-13)22-12-6-3-5-11(9-12)15(16,17)18/h3-10H,1-2H3. The minimum absolute atomic E-state index is 0.0658. The van der Waals surface area contributed by atoms with Gasteiger partial charge in [-0.15, -0.1) is 0 Å². The fraction of sp³-hybridized carbons (Fsp3) is 0.200. The number of aliphatic imine (C=N–C) groups is 1. The summed E-state index contributed by atoms with van der Waals surface area (Å²) >= 11 is 0. The summed E-state index contributed by atoms with van der Waals surface area (Å²) < 4.78 is 43.3. The maximum Gasteiger partial charge on any atom is 0.416 e. The van der Waals surface area contributed by atoms with Crippen LogP contribution in [0.5, 0.6) is 11.6 Å². The molecule has 7 heteroatoms. The van der Waals surface area contributed by atoms with Crippen LogP contribution in [0.4, 0.5) is 19.0 Å². The molecule has 0 aliphatic heterocycles. The lowest BCUT2D eigenvalue weighted by Gasteiger charge is -2.09. The normalized spacial score (nSPS) is 11.7. The molecular formula is C15H14F3N3O. The Morgan fingerprint density at radius 1 is 1.14 bits per heavy atom. The van der Waals surface area contributed by atoms with Crippen molar-refractivity contribution in [1.29, 1.82) is 0 Å². The second kappa shape index (κ2) is 6.46. The first-order chi connectivity index (χ1) is 10.3. The summed E-state index contributed by atoms with van der Waals surface area (Å²) in [5, 5.41) is 0. The zero-order chi connectivity index (χ0) is 16.2. The van der Waals surface area contributed by atoms with Gasteiger partial charge in [-0.25, -0.2) is 4.99 Å². The Hall–Kier alpha value is -2.57. The van der Waals surface area contributed by atoms with Crippen molar-refractivity contribution in [3.63, 3.8) is 0 Å². The summed E-state index contributed by atoms with van der Waals surface area (Å²) in [4.78, 5) is 9.94. The Morgan fingerprint density at radius 2 is 1.86 bits per heavy atom. The van der Waals surface area contributed by atoms with E-state index in [-0.39, 0.29) is 11.6 Å². The van der Waals surface area contributed by atoms with E-state index in [1.807, 2.05) is 14.1 Å². The maximum atomic E-state index is 12.7. The van der Waals surface area contributed by atoms with Gasteiger partial charge in [-0.05, 0) is 24.3 Å². The minimum Gasteiger partial charge on any atom is -0.439 e.